The van der Waals surface area contributed by atoms with Gasteiger partial charge in [-0.15, -0.1) is 12.6 Å². The quantitative estimate of drug-likeness (QED) is 0.299. The molecule has 3 heteroatoms. The van der Waals surface area contributed by atoms with Gasteiger partial charge in [0, 0.05) is 4.90 Å². The summed E-state index contributed by atoms with van der Waals surface area (Å²) in [6.07, 6.45) is 0. The van der Waals surface area contributed by atoms with Gasteiger partial charge in [0.2, 0.25) is 0 Å². The van der Waals surface area contributed by atoms with Crippen LogP contribution in [0.2, 0.25) is 0 Å². The van der Waals surface area contributed by atoms with Crippen LogP contribution < -0.4 is 11.7 Å². The van der Waals surface area contributed by atoms with Crippen LogP contribution in [0.5, 0.6) is 0 Å². The number of benzene rings is 1. The molecule has 0 fully saturated rings. The number of hydrazine groups is 1. The molecule has 0 spiro atoms. The van der Waals surface area contributed by atoms with Crippen molar-refractivity contribution in [3.63, 3.8) is 0 Å². The highest BCUT2D eigenvalue weighted by atomic mass is 32.1. The summed E-state index contributed by atoms with van der Waals surface area (Å²) in [5.41, 5.74) is 1.28. The Kier molecular flexibility index (Phi) is 5.02. The van der Waals surface area contributed by atoms with Crippen LogP contribution in [0.1, 0.15) is 5.56 Å². The third kappa shape index (κ3) is 3.50. The first-order valence-corrected chi connectivity index (χ1v) is 3.33. The summed E-state index contributed by atoms with van der Waals surface area (Å²) in [5.74, 6) is 8.00. The third-order valence-corrected chi connectivity index (χ3v) is 1.33. The maximum absolute atomic E-state index is 4.13. The fraction of sp³-hybridized carbons (Fsp3) is 0.143. The van der Waals surface area contributed by atoms with Gasteiger partial charge in [0.05, 0.1) is 0 Å². The van der Waals surface area contributed by atoms with Crippen LogP contribution in [0.25, 0.3) is 0 Å². The summed E-state index contributed by atoms with van der Waals surface area (Å²) in [6, 6.07) is 8.06. The second-order valence-electron chi connectivity index (χ2n) is 1.84. The molecule has 2 nitrogen and oxygen atoms in total. The first kappa shape index (κ1) is 9.49. The van der Waals surface area contributed by atoms with Gasteiger partial charge in [-0.2, -0.15) is 0 Å². The molecule has 0 atom stereocenters. The number of hydrogen-bond acceptors (Lipinski definition) is 3. The van der Waals surface area contributed by atoms with Gasteiger partial charge in [-0.3, -0.25) is 11.7 Å². The molecule has 0 aliphatic carbocycles. The van der Waals surface area contributed by atoms with E-state index < -0.39 is 0 Å². The maximum Gasteiger partial charge on any atom is 0.00401 e. The minimum atomic E-state index is 1.02. The number of hydrogen-bond donors (Lipinski definition) is 3. The van der Waals surface area contributed by atoms with E-state index in [1.54, 1.807) is 0 Å². The van der Waals surface area contributed by atoms with Crippen LogP contribution in [0.4, 0.5) is 0 Å². The molecule has 1 rings (SSSR count). The van der Waals surface area contributed by atoms with Gasteiger partial charge in [-0.25, -0.2) is 0 Å². The lowest BCUT2D eigenvalue weighted by molar-refractivity contribution is 1.26. The lowest BCUT2D eigenvalue weighted by Gasteiger charge is -1.89. The lowest BCUT2D eigenvalue weighted by atomic mass is 10.2. The van der Waals surface area contributed by atoms with Gasteiger partial charge in [0.15, 0.2) is 0 Å². The van der Waals surface area contributed by atoms with Crippen LogP contribution in [-0.4, -0.2) is 0 Å². The number of thiol groups is 1. The number of nitrogens with two attached hydrogens (primary N) is 2. The van der Waals surface area contributed by atoms with Gasteiger partial charge in [0.25, 0.3) is 0 Å². The predicted octanol–water partition coefficient (Wildman–Crippen LogP) is 1.10. The SMILES string of the molecule is Cc1ccc(S)cc1.NN. The van der Waals surface area contributed by atoms with Crippen LogP contribution in [0, 0.1) is 6.92 Å². The zero-order valence-electron chi connectivity index (χ0n) is 5.91. The van der Waals surface area contributed by atoms with E-state index in [4.69, 9.17) is 0 Å². The molecular weight excluding hydrogens is 144 g/mol. The smallest absolute Gasteiger partial charge is 0.00401 e. The molecule has 1 aromatic carbocycles. The Morgan fingerprint density at radius 2 is 1.50 bits per heavy atom. The molecule has 0 heterocycles. The normalized spacial score (nSPS) is 8.00. The molecule has 0 unspecified atom stereocenters. The highest BCUT2D eigenvalue weighted by molar-refractivity contribution is 7.80. The Morgan fingerprint density at radius 3 is 1.80 bits per heavy atom. The molecule has 10 heavy (non-hydrogen) atoms. The fourth-order valence-electron chi connectivity index (χ4n) is 0.545. The van der Waals surface area contributed by atoms with Gasteiger partial charge < -0.3 is 0 Å². The summed E-state index contributed by atoms with van der Waals surface area (Å²) in [7, 11) is 0. The van der Waals surface area contributed by atoms with Crippen LogP contribution in [0.15, 0.2) is 29.2 Å². The van der Waals surface area contributed by atoms with Gasteiger partial charge in [0.1, 0.15) is 0 Å². The average molecular weight is 156 g/mol. The molecule has 4 N–H and O–H groups in total. The highest BCUT2D eigenvalue weighted by Crippen LogP contribution is 2.05. The van der Waals surface area contributed by atoms with Crippen LogP contribution in [-0.2, 0) is 0 Å². The topological polar surface area (TPSA) is 52.0 Å². The zero-order chi connectivity index (χ0) is 7.98. The molecule has 0 aliphatic rings. The molecule has 0 radical (unpaired) electrons. The largest absolute Gasteiger partial charge is 0.274 e. The van der Waals surface area contributed by atoms with Crippen molar-refractivity contribution >= 4 is 12.6 Å². The van der Waals surface area contributed by atoms with E-state index in [2.05, 4.69) is 31.2 Å². The summed E-state index contributed by atoms with van der Waals surface area (Å²) >= 11 is 4.13. The van der Waals surface area contributed by atoms with Crippen molar-refractivity contribution in [2.75, 3.05) is 0 Å². The van der Waals surface area contributed by atoms with E-state index in [1.165, 1.54) is 5.56 Å². The Balaban J connectivity index is 0.000000371. The molecular formula is C7H12N2S. The van der Waals surface area contributed by atoms with Gasteiger partial charge in [-0.1, -0.05) is 17.7 Å². The average Bonchev–Trinajstić information content (AvgIpc) is 2.00. The number of rotatable bonds is 0. The summed E-state index contributed by atoms with van der Waals surface area (Å²) in [4.78, 5) is 1.02. The second kappa shape index (κ2) is 5.29. The molecule has 0 aromatic heterocycles. The first-order valence-electron chi connectivity index (χ1n) is 2.88. The Bertz CT molecular complexity index is 150. The molecule has 1 aromatic rings. The van der Waals surface area contributed by atoms with Crippen LogP contribution >= 0.6 is 12.6 Å². The third-order valence-electron chi connectivity index (χ3n) is 1.03. The van der Waals surface area contributed by atoms with Crippen LogP contribution in [0.3, 0.4) is 0 Å². The Morgan fingerprint density at radius 1 is 1.10 bits per heavy atom. The molecule has 0 aliphatic heterocycles. The minimum absolute atomic E-state index is 1.02. The number of aryl methyl sites for hydroxylation is 1. The predicted molar refractivity (Wildman–Crippen MR) is 46.8 cm³/mol. The highest BCUT2D eigenvalue weighted by Gasteiger charge is 1.80. The molecule has 0 saturated carbocycles. The van der Waals surface area contributed by atoms with E-state index in [-0.39, 0.29) is 0 Å². The van der Waals surface area contributed by atoms with Crippen molar-refractivity contribution in [1.29, 1.82) is 0 Å². The Hall–Kier alpha value is -0.510. The van der Waals surface area contributed by atoms with E-state index in [0.29, 0.717) is 0 Å². The van der Waals surface area contributed by atoms with Crippen molar-refractivity contribution in [1.82, 2.24) is 0 Å². The van der Waals surface area contributed by atoms with E-state index in [0.717, 1.165) is 4.90 Å². The zero-order valence-corrected chi connectivity index (χ0v) is 6.81. The van der Waals surface area contributed by atoms with Crippen molar-refractivity contribution in [3.8, 4) is 0 Å². The minimum Gasteiger partial charge on any atom is -0.274 e. The van der Waals surface area contributed by atoms with Crippen molar-refractivity contribution in [3.05, 3.63) is 29.8 Å². The summed E-state index contributed by atoms with van der Waals surface area (Å²) in [5, 5.41) is 0. The van der Waals surface area contributed by atoms with Gasteiger partial charge >= 0.3 is 0 Å². The monoisotopic (exact) mass is 156 g/mol. The molecule has 56 valence electrons. The van der Waals surface area contributed by atoms with E-state index >= 15 is 0 Å². The van der Waals surface area contributed by atoms with E-state index in [9.17, 15) is 0 Å². The molecule has 0 saturated heterocycles. The van der Waals surface area contributed by atoms with Crippen molar-refractivity contribution < 1.29 is 0 Å². The lowest BCUT2D eigenvalue weighted by Crippen LogP contribution is -2.02. The molecule has 0 bridgehead atoms. The van der Waals surface area contributed by atoms with E-state index in [1.807, 2.05) is 24.3 Å². The second-order valence-corrected chi connectivity index (χ2v) is 2.35. The molecule has 0 amide bonds. The Labute approximate surface area is 66.6 Å². The fourth-order valence-corrected chi connectivity index (χ4v) is 0.694. The maximum atomic E-state index is 4.13. The first-order chi connectivity index (χ1) is 4.79. The standard InChI is InChI=1S/C7H8S.H4N2/c1-6-2-4-7(8)5-3-6;1-2/h2-5,8H,1H3;1-2H2. The van der Waals surface area contributed by atoms with Crippen molar-refractivity contribution in [2.45, 2.75) is 11.8 Å². The summed E-state index contributed by atoms with van der Waals surface area (Å²) < 4.78 is 0. The summed E-state index contributed by atoms with van der Waals surface area (Å²) in [6.45, 7) is 2.06. The van der Waals surface area contributed by atoms with Gasteiger partial charge in [-0.05, 0) is 19.1 Å². The van der Waals surface area contributed by atoms with Crippen molar-refractivity contribution in [2.24, 2.45) is 11.7 Å².